The standard InChI is InChI=1S/C10H11N3S/c11-7-13-10(12)6-5-8-3-1-2-4-9(8)14/h1-4,14H,5-6H2,(H2,12,13). The van der Waals surface area contributed by atoms with E-state index in [0.717, 1.165) is 16.9 Å². The number of aliphatic imine (C=N–C) groups is 1. The SMILES string of the molecule is N#CN=C(N)CCc1ccccc1S. The monoisotopic (exact) mass is 205 g/mol. The summed E-state index contributed by atoms with van der Waals surface area (Å²) in [7, 11) is 0. The van der Waals surface area contributed by atoms with E-state index in [1.54, 1.807) is 6.19 Å². The molecule has 0 bridgehead atoms. The van der Waals surface area contributed by atoms with Gasteiger partial charge in [0, 0.05) is 11.3 Å². The summed E-state index contributed by atoms with van der Waals surface area (Å²) in [6, 6.07) is 7.79. The summed E-state index contributed by atoms with van der Waals surface area (Å²) >= 11 is 4.31. The average molecular weight is 205 g/mol. The molecule has 0 unspecified atom stereocenters. The van der Waals surface area contributed by atoms with Crippen molar-refractivity contribution in [3.05, 3.63) is 29.8 Å². The van der Waals surface area contributed by atoms with E-state index >= 15 is 0 Å². The van der Waals surface area contributed by atoms with Crippen molar-refractivity contribution in [2.75, 3.05) is 0 Å². The second-order valence-corrected chi connectivity index (χ2v) is 3.31. The van der Waals surface area contributed by atoms with Gasteiger partial charge in [0.1, 0.15) is 5.84 Å². The Balaban J connectivity index is 2.59. The molecular formula is C10H11N3S. The van der Waals surface area contributed by atoms with E-state index in [2.05, 4.69) is 17.6 Å². The predicted molar refractivity (Wildman–Crippen MR) is 59.3 cm³/mol. The number of thiol groups is 1. The summed E-state index contributed by atoms with van der Waals surface area (Å²) in [6.45, 7) is 0. The number of hydrogen-bond acceptors (Lipinski definition) is 3. The summed E-state index contributed by atoms with van der Waals surface area (Å²) in [6.07, 6.45) is 3.01. The van der Waals surface area contributed by atoms with Crippen LogP contribution in [-0.4, -0.2) is 5.84 Å². The van der Waals surface area contributed by atoms with E-state index in [-0.39, 0.29) is 0 Å². The largest absolute Gasteiger partial charge is 0.386 e. The van der Waals surface area contributed by atoms with Crippen molar-refractivity contribution >= 4 is 18.5 Å². The van der Waals surface area contributed by atoms with E-state index in [0.29, 0.717) is 12.3 Å². The average Bonchev–Trinajstić information content (AvgIpc) is 2.17. The smallest absolute Gasteiger partial charge is 0.207 e. The molecule has 1 rings (SSSR count). The van der Waals surface area contributed by atoms with Gasteiger partial charge in [-0.15, -0.1) is 12.6 Å². The third kappa shape index (κ3) is 3.11. The molecule has 0 atom stereocenters. The third-order valence-corrected chi connectivity index (χ3v) is 2.27. The van der Waals surface area contributed by atoms with Gasteiger partial charge in [0.2, 0.25) is 6.19 Å². The molecule has 0 saturated heterocycles. The number of rotatable bonds is 3. The van der Waals surface area contributed by atoms with Crippen molar-refractivity contribution in [1.82, 2.24) is 0 Å². The van der Waals surface area contributed by atoms with Crippen LogP contribution in [0.1, 0.15) is 12.0 Å². The maximum atomic E-state index is 8.26. The van der Waals surface area contributed by atoms with Crippen LogP contribution in [0.25, 0.3) is 0 Å². The van der Waals surface area contributed by atoms with Gasteiger partial charge in [-0.25, -0.2) is 0 Å². The minimum atomic E-state index is 0.365. The van der Waals surface area contributed by atoms with Crippen LogP contribution in [0, 0.1) is 11.5 Å². The molecule has 14 heavy (non-hydrogen) atoms. The quantitative estimate of drug-likeness (QED) is 0.342. The molecule has 0 fully saturated rings. The zero-order valence-electron chi connectivity index (χ0n) is 7.64. The van der Waals surface area contributed by atoms with Crippen molar-refractivity contribution in [3.8, 4) is 6.19 Å². The van der Waals surface area contributed by atoms with Crippen LogP contribution in [0.4, 0.5) is 0 Å². The zero-order valence-corrected chi connectivity index (χ0v) is 8.54. The number of nitrogens with two attached hydrogens (primary N) is 1. The van der Waals surface area contributed by atoms with E-state index in [9.17, 15) is 0 Å². The van der Waals surface area contributed by atoms with E-state index in [1.807, 2.05) is 24.3 Å². The molecule has 4 heteroatoms. The highest BCUT2D eigenvalue weighted by atomic mass is 32.1. The third-order valence-electron chi connectivity index (χ3n) is 1.84. The van der Waals surface area contributed by atoms with Gasteiger partial charge in [0.25, 0.3) is 0 Å². The Morgan fingerprint density at radius 3 is 2.86 bits per heavy atom. The van der Waals surface area contributed by atoms with Gasteiger partial charge in [-0.3, -0.25) is 0 Å². The highest BCUT2D eigenvalue weighted by Crippen LogP contribution is 2.14. The highest BCUT2D eigenvalue weighted by molar-refractivity contribution is 7.80. The zero-order chi connectivity index (χ0) is 10.4. The fourth-order valence-corrected chi connectivity index (χ4v) is 1.38. The van der Waals surface area contributed by atoms with E-state index < -0.39 is 0 Å². The molecule has 0 heterocycles. The highest BCUT2D eigenvalue weighted by Gasteiger charge is 1.99. The lowest BCUT2D eigenvalue weighted by atomic mass is 10.1. The summed E-state index contributed by atoms with van der Waals surface area (Å²) in [4.78, 5) is 4.39. The van der Waals surface area contributed by atoms with Crippen LogP contribution < -0.4 is 5.73 Å². The Morgan fingerprint density at radius 2 is 2.21 bits per heavy atom. The van der Waals surface area contributed by atoms with Crippen molar-refractivity contribution in [2.24, 2.45) is 10.7 Å². The molecule has 1 aromatic carbocycles. The Kier molecular flexibility index (Phi) is 4.02. The molecule has 0 radical (unpaired) electrons. The number of hydrogen-bond donors (Lipinski definition) is 2. The van der Waals surface area contributed by atoms with Gasteiger partial charge in [-0.1, -0.05) is 18.2 Å². The van der Waals surface area contributed by atoms with Gasteiger partial charge in [0.15, 0.2) is 0 Å². The first-order chi connectivity index (χ1) is 6.74. The molecule has 0 saturated carbocycles. The molecule has 0 aliphatic rings. The van der Waals surface area contributed by atoms with Crippen molar-refractivity contribution in [3.63, 3.8) is 0 Å². The summed E-state index contributed by atoms with van der Waals surface area (Å²) in [5, 5.41) is 8.26. The number of nitriles is 1. The van der Waals surface area contributed by atoms with Gasteiger partial charge < -0.3 is 5.73 Å². The van der Waals surface area contributed by atoms with Crippen molar-refractivity contribution in [2.45, 2.75) is 17.7 Å². The lowest BCUT2D eigenvalue weighted by molar-refractivity contribution is 0.994. The topological polar surface area (TPSA) is 62.2 Å². The molecule has 1 aromatic rings. The first kappa shape index (κ1) is 10.6. The molecule has 0 amide bonds. The van der Waals surface area contributed by atoms with Crippen LogP contribution >= 0.6 is 12.6 Å². The second-order valence-electron chi connectivity index (χ2n) is 2.83. The van der Waals surface area contributed by atoms with Crippen molar-refractivity contribution in [1.29, 1.82) is 5.26 Å². The van der Waals surface area contributed by atoms with Gasteiger partial charge in [0.05, 0.1) is 0 Å². The normalized spacial score (nSPS) is 11.0. The van der Waals surface area contributed by atoms with E-state index in [1.165, 1.54) is 0 Å². The minimum Gasteiger partial charge on any atom is -0.386 e. The fraction of sp³-hybridized carbons (Fsp3) is 0.200. The van der Waals surface area contributed by atoms with Crippen molar-refractivity contribution < 1.29 is 0 Å². The number of aryl methyl sites for hydroxylation is 1. The lowest BCUT2D eigenvalue weighted by Gasteiger charge is -2.03. The lowest BCUT2D eigenvalue weighted by Crippen LogP contribution is -2.12. The van der Waals surface area contributed by atoms with Gasteiger partial charge in [-0.2, -0.15) is 10.3 Å². The predicted octanol–water partition coefficient (Wildman–Crippen LogP) is 1.75. The molecule has 0 aliphatic carbocycles. The summed E-state index contributed by atoms with van der Waals surface area (Å²) < 4.78 is 0. The molecular weight excluding hydrogens is 194 g/mol. The van der Waals surface area contributed by atoms with Crippen LogP contribution in [-0.2, 0) is 6.42 Å². The van der Waals surface area contributed by atoms with E-state index in [4.69, 9.17) is 11.0 Å². The van der Waals surface area contributed by atoms with Crippen LogP contribution in [0.2, 0.25) is 0 Å². The van der Waals surface area contributed by atoms with Crippen LogP contribution in [0.15, 0.2) is 34.2 Å². The molecule has 2 N–H and O–H groups in total. The maximum absolute atomic E-state index is 8.26. The first-order valence-corrected chi connectivity index (χ1v) is 4.66. The summed E-state index contributed by atoms with van der Waals surface area (Å²) in [5.41, 5.74) is 6.60. The number of benzene rings is 1. The molecule has 3 nitrogen and oxygen atoms in total. The molecule has 72 valence electrons. The Hall–Kier alpha value is -1.47. The molecule has 0 aromatic heterocycles. The Bertz CT molecular complexity index is 379. The van der Waals surface area contributed by atoms with Gasteiger partial charge in [-0.05, 0) is 18.1 Å². The summed E-state index contributed by atoms with van der Waals surface area (Å²) in [5.74, 6) is 0.365. The number of amidine groups is 1. The number of nitrogens with zero attached hydrogens (tertiary/aromatic N) is 2. The van der Waals surface area contributed by atoms with Gasteiger partial charge >= 0.3 is 0 Å². The Morgan fingerprint density at radius 1 is 1.50 bits per heavy atom. The molecule has 0 spiro atoms. The van der Waals surface area contributed by atoms with Crippen LogP contribution in [0.3, 0.4) is 0 Å². The minimum absolute atomic E-state index is 0.365. The second kappa shape index (κ2) is 5.30. The fourth-order valence-electron chi connectivity index (χ4n) is 1.11. The van der Waals surface area contributed by atoms with Crippen LogP contribution in [0.5, 0.6) is 0 Å². The Labute approximate surface area is 88.7 Å². The first-order valence-electron chi connectivity index (χ1n) is 4.22. The maximum Gasteiger partial charge on any atom is 0.207 e. The molecule has 0 aliphatic heterocycles.